The van der Waals surface area contributed by atoms with Crippen LogP contribution in [0.3, 0.4) is 0 Å². The van der Waals surface area contributed by atoms with E-state index in [1.54, 1.807) is 49.6 Å². The Hall–Kier alpha value is -3.35. The Morgan fingerprint density at radius 2 is 1.55 bits per heavy atom. The molecule has 0 aliphatic heterocycles. The van der Waals surface area contributed by atoms with Crippen molar-refractivity contribution < 1.29 is 23.9 Å². The Bertz CT molecular complexity index is 891. The van der Waals surface area contributed by atoms with Crippen molar-refractivity contribution in [1.82, 2.24) is 5.32 Å². The first-order valence-electron chi connectivity index (χ1n) is 9.21. The van der Waals surface area contributed by atoms with E-state index in [0.717, 1.165) is 5.56 Å². The molecule has 0 aromatic heterocycles. The number of esters is 1. The van der Waals surface area contributed by atoms with Crippen LogP contribution in [0.5, 0.6) is 5.75 Å². The summed E-state index contributed by atoms with van der Waals surface area (Å²) in [6.45, 7) is 5.50. The van der Waals surface area contributed by atoms with E-state index in [1.807, 2.05) is 20.8 Å². The number of carbonyl (C=O) groups is 3. The van der Waals surface area contributed by atoms with E-state index in [9.17, 15) is 14.4 Å². The predicted octanol–water partition coefficient (Wildman–Crippen LogP) is 3.18. The number of benzene rings is 2. The molecule has 0 bridgehead atoms. The number of amides is 2. The molecule has 0 saturated carbocycles. The van der Waals surface area contributed by atoms with Gasteiger partial charge in [-0.1, -0.05) is 19.9 Å². The molecule has 7 heteroatoms. The van der Waals surface area contributed by atoms with Crippen molar-refractivity contribution in [1.29, 1.82) is 0 Å². The number of rotatable bonds is 7. The minimum atomic E-state index is -0.759. The molecule has 2 aromatic carbocycles. The van der Waals surface area contributed by atoms with Crippen molar-refractivity contribution in [3.63, 3.8) is 0 Å². The van der Waals surface area contributed by atoms with E-state index in [2.05, 4.69) is 10.6 Å². The van der Waals surface area contributed by atoms with Gasteiger partial charge in [0.2, 0.25) is 5.91 Å². The van der Waals surface area contributed by atoms with Gasteiger partial charge in [0, 0.05) is 11.3 Å². The van der Waals surface area contributed by atoms with Crippen molar-refractivity contribution in [3.8, 4) is 5.75 Å². The second-order valence-corrected chi connectivity index (χ2v) is 6.93. The van der Waals surface area contributed by atoms with Crippen molar-refractivity contribution in [2.75, 3.05) is 19.5 Å². The monoisotopic (exact) mass is 398 g/mol. The first kappa shape index (κ1) is 21.9. The van der Waals surface area contributed by atoms with Gasteiger partial charge in [0.05, 0.1) is 19.8 Å². The smallest absolute Gasteiger partial charge is 0.337 e. The maximum Gasteiger partial charge on any atom is 0.337 e. The summed E-state index contributed by atoms with van der Waals surface area (Å²) >= 11 is 0. The van der Waals surface area contributed by atoms with Crippen LogP contribution in [0.15, 0.2) is 42.5 Å². The first-order valence-corrected chi connectivity index (χ1v) is 9.21. The van der Waals surface area contributed by atoms with Gasteiger partial charge >= 0.3 is 5.97 Å². The molecule has 2 N–H and O–H groups in total. The van der Waals surface area contributed by atoms with Gasteiger partial charge in [0.15, 0.2) is 0 Å². The molecule has 0 saturated heterocycles. The van der Waals surface area contributed by atoms with Crippen LogP contribution < -0.4 is 15.4 Å². The number of aryl methyl sites for hydroxylation is 1. The van der Waals surface area contributed by atoms with Gasteiger partial charge in [-0.15, -0.1) is 0 Å². The molecule has 0 aliphatic carbocycles. The lowest BCUT2D eigenvalue weighted by Crippen LogP contribution is -2.47. The molecule has 0 unspecified atom stereocenters. The van der Waals surface area contributed by atoms with Gasteiger partial charge in [-0.3, -0.25) is 9.59 Å². The zero-order valence-corrected chi connectivity index (χ0v) is 17.2. The molecule has 0 spiro atoms. The molecular weight excluding hydrogens is 372 g/mol. The average Bonchev–Trinajstić information content (AvgIpc) is 2.72. The molecule has 1 atom stereocenters. The molecule has 0 fully saturated rings. The van der Waals surface area contributed by atoms with Crippen LogP contribution in [0.25, 0.3) is 0 Å². The highest BCUT2D eigenvalue weighted by atomic mass is 16.5. The lowest BCUT2D eigenvalue weighted by molar-refractivity contribution is -0.118. The zero-order valence-electron chi connectivity index (χ0n) is 17.2. The fraction of sp³-hybridized carbons (Fsp3) is 0.318. The fourth-order valence-electron chi connectivity index (χ4n) is 2.71. The quantitative estimate of drug-likeness (QED) is 0.699. The lowest BCUT2D eigenvalue weighted by Gasteiger charge is -2.22. The Morgan fingerprint density at radius 1 is 0.931 bits per heavy atom. The van der Waals surface area contributed by atoms with E-state index in [4.69, 9.17) is 9.47 Å². The maximum atomic E-state index is 12.9. The van der Waals surface area contributed by atoms with Gasteiger partial charge in [-0.05, 0) is 54.8 Å². The number of anilines is 1. The highest BCUT2D eigenvalue weighted by Gasteiger charge is 2.25. The SMILES string of the molecule is COC(=O)c1ccc(C)c(NC(=O)[C@@H](NC(=O)c2ccc(OC)cc2)C(C)C)c1. The normalized spacial score (nSPS) is 11.5. The minimum Gasteiger partial charge on any atom is -0.497 e. The number of hydrogen-bond acceptors (Lipinski definition) is 5. The van der Waals surface area contributed by atoms with Crippen LogP contribution in [0.1, 0.15) is 40.1 Å². The van der Waals surface area contributed by atoms with Crippen LogP contribution in [-0.2, 0) is 9.53 Å². The molecule has 0 aliphatic rings. The molecule has 2 amide bonds. The van der Waals surface area contributed by atoms with Crippen LogP contribution in [0, 0.1) is 12.8 Å². The molecule has 2 rings (SSSR count). The summed E-state index contributed by atoms with van der Waals surface area (Å²) in [6, 6.07) is 10.8. The molecule has 0 radical (unpaired) electrons. The molecule has 2 aromatic rings. The third kappa shape index (κ3) is 5.57. The fourth-order valence-corrected chi connectivity index (χ4v) is 2.71. The Labute approximate surface area is 170 Å². The van der Waals surface area contributed by atoms with Gasteiger partial charge in [0.25, 0.3) is 5.91 Å². The maximum absolute atomic E-state index is 12.9. The van der Waals surface area contributed by atoms with Gasteiger partial charge in [-0.25, -0.2) is 4.79 Å². The molecule has 29 heavy (non-hydrogen) atoms. The largest absolute Gasteiger partial charge is 0.497 e. The minimum absolute atomic E-state index is 0.152. The standard InChI is InChI=1S/C22H26N2O5/c1-13(2)19(24-20(25)15-8-10-17(28-4)11-9-15)21(26)23-18-12-16(22(27)29-5)7-6-14(18)3/h6-13,19H,1-5H3,(H,23,26)(H,24,25)/t19-/m0/s1. The van der Waals surface area contributed by atoms with Crippen molar-refractivity contribution in [2.45, 2.75) is 26.8 Å². The average molecular weight is 398 g/mol. The molecule has 0 heterocycles. The summed E-state index contributed by atoms with van der Waals surface area (Å²) in [6.07, 6.45) is 0. The van der Waals surface area contributed by atoms with Crippen molar-refractivity contribution >= 4 is 23.5 Å². The van der Waals surface area contributed by atoms with Crippen molar-refractivity contribution in [3.05, 3.63) is 59.2 Å². The summed E-state index contributed by atoms with van der Waals surface area (Å²) in [5, 5.41) is 5.58. The van der Waals surface area contributed by atoms with E-state index in [1.165, 1.54) is 7.11 Å². The van der Waals surface area contributed by atoms with Crippen LogP contribution in [0.4, 0.5) is 5.69 Å². The third-order valence-corrected chi connectivity index (χ3v) is 4.50. The molecular formula is C22H26N2O5. The third-order valence-electron chi connectivity index (χ3n) is 4.50. The summed E-state index contributed by atoms with van der Waals surface area (Å²) in [5.41, 5.74) is 2.03. The second kappa shape index (κ2) is 9.73. The number of carbonyl (C=O) groups excluding carboxylic acids is 3. The van der Waals surface area contributed by atoms with Crippen LogP contribution in [0.2, 0.25) is 0 Å². The van der Waals surface area contributed by atoms with Crippen molar-refractivity contribution in [2.24, 2.45) is 5.92 Å². The summed E-state index contributed by atoms with van der Waals surface area (Å²) in [5.74, 6) is -0.732. The van der Waals surface area contributed by atoms with Crippen LogP contribution >= 0.6 is 0 Å². The molecule has 7 nitrogen and oxygen atoms in total. The van der Waals surface area contributed by atoms with E-state index < -0.39 is 12.0 Å². The lowest BCUT2D eigenvalue weighted by atomic mass is 10.0. The number of hydrogen-bond donors (Lipinski definition) is 2. The van der Waals surface area contributed by atoms with Gasteiger partial charge in [-0.2, -0.15) is 0 Å². The Kier molecular flexibility index (Phi) is 7.36. The highest BCUT2D eigenvalue weighted by molar-refractivity contribution is 6.02. The Balaban J connectivity index is 2.17. The van der Waals surface area contributed by atoms with Gasteiger partial charge < -0.3 is 20.1 Å². The number of nitrogens with one attached hydrogen (secondary N) is 2. The number of ether oxygens (including phenoxy) is 2. The highest BCUT2D eigenvalue weighted by Crippen LogP contribution is 2.19. The topological polar surface area (TPSA) is 93.7 Å². The summed E-state index contributed by atoms with van der Waals surface area (Å²) in [7, 11) is 2.84. The van der Waals surface area contributed by atoms with E-state index in [-0.39, 0.29) is 17.7 Å². The molecule has 154 valence electrons. The van der Waals surface area contributed by atoms with E-state index in [0.29, 0.717) is 22.6 Å². The predicted molar refractivity (Wildman–Crippen MR) is 110 cm³/mol. The summed E-state index contributed by atoms with van der Waals surface area (Å²) < 4.78 is 9.81. The zero-order chi connectivity index (χ0) is 21.6. The second-order valence-electron chi connectivity index (χ2n) is 6.93. The first-order chi connectivity index (χ1) is 13.8. The Morgan fingerprint density at radius 3 is 2.10 bits per heavy atom. The van der Waals surface area contributed by atoms with E-state index >= 15 is 0 Å². The van der Waals surface area contributed by atoms with Crippen LogP contribution in [-0.4, -0.2) is 38.0 Å². The van der Waals surface area contributed by atoms with Gasteiger partial charge in [0.1, 0.15) is 11.8 Å². The summed E-state index contributed by atoms with van der Waals surface area (Å²) in [4.78, 5) is 37.2. The number of methoxy groups -OCH3 is 2.